The molecular formula is C16H12N2O. The summed E-state index contributed by atoms with van der Waals surface area (Å²) in [6, 6.07) is 15.7. The van der Waals surface area contributed by atoms with Gasteiger partial charge in [-0.2, -0.15) is 0 Å². The number of hydrogen-bond acceptors (Lipinski definition) is 2. The van der Waals surface area contributed by atoms with Crippen LogP contribution >= 0.6 is 0 Å². The summed E-state index contributed by atoms with van der Waals surface area (Å²) < 4.78 is 0. The number of pyridine rings is 1. The third kappa shape index (κ3) is 1.48. The average Bonchev–Trinajstić information content (AvgIpc) is 2.46. The predicted octanol–water partition coefficient (Wildman–Crippen LogP) is 3.18. The number of hydrogen-bond donors (Lipinski definition) is 2. The van der Waals surface area contributed by atoms with E-state index in [1.165, 1.54) is 0 Å². The molecule has 19 heavy (non-hydrogen) atoms. The molecule has 0 fully saturated rings. The van der Waals surface area contributed by atoms with Crippen LogP contribution in [0.15, 0.2) is 53.3 Å². The fourth-order valence-electron chi connectivity index (χ4n) is 2.67. The van der Waals surface area contributed by atoms with Crippen molar-refractivity contribution in [3.05, 3.63) is 69.9 Å². The van der Waals surface area contributed by atoms with Crippen LogP contribution in [0.4, 0.5) is 11.5 Å². The molecule has 0 spiro atoms. The lowest BCUT2D eigenvalue weighted by Gasteiger charge is -2.21. The third-order valence-electron chi connectivity index (χ3n) is 3.65. The van der Waals surface area contributed by atoms with Gasteiger partial charge in [0.1, 0.15) is 5.82 Å². The largest absolute Gasteiger partial charge is 0.341 e. The minimum absolute atomic E-state index is 0.117. The van der Waals surface area contributed by atoms with Gasteiger partial charge in [0.25, 0.3) is 0 Å². The van der Waals surface area contributed by atoms with E-state index in [0.29, 0.717) is 6.42 Å². The Kier molecular flexibility index (Phi) is 2.03. The van der Waals surface area contributed by atoms with Crippen LogP contribution < -0.4 is 10.7 Å². The van der Waals surface area contributed by atoms with Crippen molar-refractivity contribution in [3.63, 3.8) is 0 Å². The van der Waals surface area contributed by atoms with Gasteiger partial charge in [-0.1, -0.05) is 30.3 Å². The molecule has 2 heterocycles. The molecule has 3 aromatic rings. The van der Waals surface area contributed by atoms with Gasteiger partial charge in [0.15, 0.2) is 5.43 Å². The molecule has 1 aromatic heterocycles. The maximum atomic E-state index is 12.5. The molecule has 3 heteroatoms. The van der Waals surface area contributed by atoms with Gasteiger partial charge in [-0.05, 0) is 23.8 Å². The number of H-pyrrole nitrogens is 1. The van der Waals surface area contributed by atoms with E-state index in [9.17, 15) is 4.79 Å². The molecule has 0 saturated carbocycles. The lowest BCUT2D eigenvalue weighted by atomic mass is 9.98. The maximum Gasteiger partial charge on any atom is 0.195 e. The van der Waals surface area contributed by atoms with Crippen LogP contribution in [0.2, 0.25) is 0 Å². The number of aromatic amines is 1. The van der Waals surface area contributed by atoms with Crippen molar-refractivity contribution < 1.29 is 0 Å². The first-order valence-electron chi connectivity index (χ1n) is 6.32. The Labute approximate surface area is 109 Å². The summed E-state index contributed by atoms with van der Waals surface area (Å²) in [5, 5.41) is 4.07. The van der Waals surface area contributed by atoms with Crippen molar-refractivity contribution >= 4 is 22.4 Å². The Morgan fingerprint density at radius 1 is 0.947 bits per heavy atom. The zero-order chi connectivity index (χ0) is 12.8. The normalized spacial score (nSPS) is 12.6. The Morgan fingerprint density at radius 2 is 1.74 bits per heavy atom. The van der Waals surface area contributed by atoms with Gasteiger partial charge in [0, 0.05) is 23.1 Å². The van der Waals surface area contributed by atoms with Crippen molar-refractivity contribution in [2.45, 2.75) is 6.42 Å². The first-order valence-corrected chi connectivity index (χ1v) is 6.32. The van der Waals surface area contributed by atoms with Gasteiger partial charge in [-0.3, -0.25) is 4.79 Å². The topological polar surface area (TPSA) is 44.9 Å². The number of anilines is 2. The molecule has 1 aliphatic heterocycles. The molecule has 0 radical (unpaired) electrons. The van der Waals surface area contributed by atoms with E-state index in [0.717, 1.165) is 33.5 Å². The first-order chi connectivity index (χ1) is 9.33. The Balaban J connectivity index is 2.01. The summed E-state index contributed by atoms with van der Waals surface area (Å²) in [5.41, 5.74) is 4.04. The molecule has 0 saturated heterocycles. The summed E-state index contributed by atoms with van der Waals surface area (Å²) in [7, 11) is 0. The second-order valence-electron chi connectivity index (χ2n) is 4.81. The van der Waals surface area contributed by atoms with Gasteiger partial charge in [0.05, 0.1) is 5.52 Å². The molecule has 0 aliphatic carbocycles. The SMILES string of the molecule is O=c1c2c([nH]c3ccccc13)Nc1ccccc1C2. The monoisotopic (exact) mass is 248 g/mol. The molecule has 0 amide bonds. The minimum Gasteiger partial charge on any atom is -0.341 e. The zero-order valence-corrected chi connectivity index (χ0v) is 10.2. The van der Waals surface area contributed by atoms with Crippen LogP contribution in [0, 0.1) is 0 Å². The first kappa shape index (κ1) is 10.4. The fourth-order valence-corrected chi connectivity index (χ4v) is 2.67. The van der Waals surface area contributed by atoms with Crippen LogP contribution in [0.3, 0.4) is 0 Å². The van der Waals surface area contributed by atoms with Gasteiger partial charge in [0.2, 0.25) is 0 Å². The van der Waals surface area contributed by atoms with Gasteiger partial charge >= 0.3 is 0 Å². The maximum absolute atomic E-state index is 12.5. The van der Waals surface area contributed by atoms with Crippen molar-refractivity contribution in [1.29, 1.82) is 0 Å². The third-order valence-corrected chi connectivity index (χ3v) is 3.65. The van der Waals surface area contributed by atoms with E-state index in [1.54, 1.807) is 0 Å². The number of rotatable bonds is 0. The lowest BCUT2D eigenvalue weighted by molar-refractivity contribution is 1.11. The van der Waals surface area contributed by atoms with Crippen molar-refractivity contribution in [1.82, 2.24) is 4.98 Å². The minimum atomic E-state index is 0.117. The standard InChI is InChI=1S/C16H12N2O/c19-15-11-6-2-4-8-14(11)18-16-12(15)9-10-5-1-3-7-13(10)17-16/h1-8H,9H2,(H2,17,18,19). The van der Waals surface area contributed by atoms with Crippen molar-refractivity contribution in [3.8, 4) is 0 Å². The Bertz CT molecular complexity index is 849. The molecule has 0 bridgehead atoms. The Hall–Kier alpha value is -2.55. The summed E-state index contributed by atoms with van der Waals surface area (Å²) >= 11 is 0. The molecule has 0 atom stereocenters. The van der Waals surface area contributed by atoms with Crippen LogP contribution in [0.5, 0.6) is 0 Å². The van der Waals surface area contributed by atoms with Gasteiger partial charge < -0.3 is 10.3 Å². The van der Waals surface area contributed by atoms with E-state index < -0.39 is 0 Å². The highest BCUT2D eigenvalue weighted by atomic mass is 16.1. The Morgan fingerprint density at radius 3 is 2.68 bits per heavy atom. The van der Waals surface area contributed by atoms with Crippen molar-refractivity contribution in [2.24, 2.45) is 0 Å². The highest BCUT2D eigenvalue weighted by Crippen LogP contribution is 2.30. The number of para-hydroxylation sites is 2. The van der Waals surface area contributed by atoms with E-state index in [4.69, 9.17) is 0 Å². The molecule has 4 rings (SSSR count). The molecule has 0 unspecified atom stereocenters. The summed E-state index contributed by atoms with van der Waals surface area (Å²) in [4.78, 5) is 15.8. The molecule has 2 aromatic carbocycles. The summed E-state index contributed by atoms with van der Waals surface area (Å²) in [5.74, 6) is 0.822. The van der Waals surface area contributed by atoms with E-state index in [1.807, 2.05) is 42.5 Å². The number of aromatic nitrogens is 1. The number of fused-ring (bicyclic) bond motifs is 3. The molecule has 92 valence electrons. The van der Waals surface area contributed by atoms with Crippen molar-refractivity contribution in [2.75, 3.05) is 5.32 Å². The van der Waals surface area contributed by atoms with E-state index >= 15 is 0 Å². The van der Waals surface area contributed by atoms with Crippen LogP contribution in [0.1, 0.15) is 11.1 Å². The highest BCUT2D eigenvalue weighted by Gasteiger charge is 2.18. The second-order valence-corrected chi connectivity index (χ2v) is 4.81. The molecule has 3 nitrogen and oxygen atoms in total. The quantitative estimate of drug-likeness (QED) is 0.502. The second kappa shape index (κ2) is 3.72. The number of benzene rings is 2. The number of nitrogens with one attached hydrogen (secondary N) is 2. The van der Waals surface area contributed by atoms with E-state index in [-0.39, 0.29) is 5.43 Å². The van der Waals surface area contributed by atoms with Gasteiger partial charge in [-0.15, -0.1) is 0 Å². The zero-order valence-electron chi connectivity index (χ0n) is 10.2. The molecule has 1 aliphatic rings. The smallest absolute Gasteiger partial charge is 0.195 e. The molecule has 2 N–H and O–H groups in total. The summed E-state index contributed by atoms with van der Waals surface area (Å²) in [6.45, 7) is 0. The van der Waals surface area contributed by atoms with Gasteiger partial charge in [-0.25, -0.2) is 0 Å². The average molecular weight is 248 g/mol. The highest BCUT2D eigenvalue weighted by molar-refractivity contribution is 5.83. The van der Waals surface area contributed by atoms with Crippen LogP contribution in [-0.2, 0) is 6.42 Å². The predicted molar refractivity (Wildman–Crippen MR) is 77.1 cm³/mol. The molecular weight excluding hydrogens is 236 g/mol. The fraction of sp³-hybridized carbons (Fsp3) is 0.0625. The van der Waals surface area contributed by atoms with Crippen LogP contribution in [-0.4, -0.2) is 4.98 Å². The lowest BCUT2D eigenvalue weighted by Crippen LogP contribution is -2.18. The van der Waals surface area contributed by atoms with Crippen LogP contribution in [0.25, 0.3) is 10.9 Å². The summed E-state index contributed by atoms with van der Waals surface area (Å²) in [6.07, 6.45) is 0.679. The van der Waals surface area contributed by atoms with E-state index in [2.05, 4.69) is 16.4 Å².